The predicted molar refractivity (Wildman–Crippen MR) is 92.8 cm³/mol. The van der Waals surface area contributed by atoms with E-state index in [1.807, 2.05) is 0 Å². The SMILES string of the molecule is O=C(/C=C/c1ccc(S(=O)(=O)N2CCCCCC2)cc1)NCCO. The molecule has 2 N–H and O–H groups in total. The lowest BCUT2D eigenvalue weighted by Crippen LogP contribution is -2.31. The molecule has 7 heteroatoms. The summed E-state index contributed by atoms with van der Waals surface area (Å²) in [5, 5.41) is 11.1. The van der Waals surface area contributed by atoms with E-state index in [9.17, 15) is 13.2 Å². The number of aliphatic hydroxyl groups excluding tert-OH is 1. The van der Waals surface area contributed by atoms with Gasteiger partial charge in [-0.25, -0.2) is 8.42 Å². The van der Waals surface area contributed by atoms with E-state index >= 15 is 0 Å². The van der Waals surface area contributed by atoms with Gasteiger partial charge in [-0.05, 0) is 36.6 Å². The number of sulfonamides is 1. The molecule has 0 aliphatic carbocycles. The molecule has 1 fully saturated rings. The highest BCUT2D eigenvalue weighted by molar-refractivity contribution is 7.89. The van der Waals surface area contributed by atoms with E-state index < -0.39 is 10.0 Å². The van der Waals surface area contributed by atoms with Crippen LogP contribution < -0.4 is 5.32 Å². The topological polar surface area (TPSA) is 86.7 Å². The number of rotatable bonds is 6. The second-order valence-electron chi connectivity index (χ2n) is 5.74. The summed E-state index contributed by atoms with van der Waals surface area (Å²) >= 11 is 0. The largest absolute Gasteiger partial charge is 0.395 e. The number of benzene rings is 1. The smallest absolute Gasteiger partial charge is 0.244 e. The maximum absolute atomic E-state index is 12.7. The molecular formula is C17H24N2O4S. The van der Waals surface area contributed by atoms with Gasteiger partial charge < -0.3 is 10.4 Å². The van der Waals surface area contributed by atoms with E-state index in [0.29, 0.717) is 13.1 Å². The highest BCUT2D eigenvalue weighted by atomic mass is 32.2. The summed E-state index contributed by atoms with van der Waals surface area (Å²) in [7, 11) is -3.44. The van der Waals surface area contributed by atoms with Gasteiger partial charge in [0.15, 0.2) is 0 Å². The Balaban J connectivity index is 2.05. The Morgan fingerprint density at radius 3 is 2.33 bits per heavy atom. The Labute approximate surface area is 143 Å². The maximum Gasteiger partial charge on any atom is 0.244 e. The first kappa shape index (κ1) is 18.6. The van der Waals surface area contributed by atoms with Gasteiger partial charge in [0.2, 0.25) is 15.9 Å². The standard InChI is InChI=1S/C17H24N2O4S/c20-14-11-18-17(21)10-7-15-5-8-16(9-6-15)24(22,23)19-12-3-1-2-4-13-19/h5-10,20H,1-4,11-14H2,(H,18,21)/b10-7+. The molecule has 0 radical (unpaired) electrons. The monoisotopic (exact) mass is 352 g/mol. The number of nitrogens with one attached hydrogen (secondary N) is 1. The highest BCUT2D eigenvalue weighted by Gasteiger charge is 2.24. The summed E-state index contributed by atoms with van der Waals surface area (Å²) in [5.74, 6) is -0.301. The van der Waals surface area contributed by atoms with Gasteiger partial charge in [-0.3, -0.25) is 4.79 Å². The van der Waals surface area contributed by atoms with Gasteiger partial charge in [0.1, 0.15) is 0 Å². The number of nitrogens with zero attached hydrogens (tertiary/aromatic N) is 1. The molecule has 0 unspecified atom stereocenters. The second-order valence-corrected chi connectivity index (χ2v) is 7.67. The van der Waals surface area contributed by atoms with E-state index in [1.165, 1.54) is 6.08 Å². The number of hydrogen-bond acceptors (Lipinski definition) is 4. The van der Waals surface area contributed by atoms with Crippen molar-refractivity contribution in [3.63, 3.8) is 0 Å². The van der Waals surface area contributed by atoms with Crippen LogP contribution in [0, 0.1) is 0 Å². The minimum absolute atomic E-state index is 0.108. The number of aliphatic hydroxyl groups is 1. The zero-order valence-corrected chi connectivity index (χ0v) is 14.5. The fourth-order valence-corrected chi connectivity index (χ4v) is 4.11. The van der Waals surface area contributed by atoms with Crippen molar-refractivity contribution < 1.29 is 18.3 Å². The lowest BCUT2D eigenvalue weighted by atomic mass is 10.2. The van der Waals surface area contributed by atoms with Crippen LogP contribution in [-0.4, -0.2) is 50.0 Å². The molecule has 0 atom stereocenters. The van der Waals surface area contributed by atoms with E-state index in [0.717, 1.165) is 31.2 Å². The molecule has 1 aromatic rings. The highest BCUT2D eigenvalue weighted by Crippen LogP contribution is 2.20. The molecule has 132 valence electrons. The lowest BCUT2D eigenvalue weighted by Gasteiger charge is -2.19. The molecule has 6 nitrogen and oxygen atoms in total. The Morgan fingerprint density at radius 2 is 1.75 bits per heavy atom. The molecule has 1 aliphatic rings. The molecule has 1 amide bonds. The van der Waals surface area contributed by atoms with Crippen LogP contribution in [-0.2, 0) is 14.8 Å². The van der Waals surface area contributed by atoms with Crippen LogP contribution in [0.5, 0.6) is 0 Å². The van der Waals surface area contributed by atoms with E-state index in [4.69, 9.17) is 5.11 Å². The Morgan fingerprint density at radius 1 is 1.12 bits per heavy atom. The summed E-state index contributed by atoms with van der Waals surface area (Å²) in [6.45, 7) is 1.25. The summed E-state index contributed by atoms with van der Waals surface area (Å²) < 4.78 is 26.9. The van der Waals surface area contributed by atoms with Crippen molar-refractivity contribution in [2.24, 2.45) is 0 Å². The first-order valence-electron chi connectivity index (χ1n) is 8.21. The third-order valence-corrected chi connectivity index (χ3v) is 5.83. The van der Waals surface area contributed by atoms with Crippen LogP contribution in [0.1, 0.15) is 31.2 Å². The van der Waals surface area contributed by atoms with E-state index in [1.54, 1.807) is 34.6 Å². The predicted octanol–water partition coefficient (Wildman–Crippen LogP) is 1.37. The summed E-state index contributed by atoms with van der Waals surface area (Å²) in [5.41, 5.74) is 0.740. The van der Waals surface area contributed by atoms with Gasteiger partial charge in [0.25, 0.3) is 0 Å². The fraction of sp³-hybridized carbons (Fsp3) is 0.471. The number of carbonyl (C=O) groups is 1. The van der Waals surface area contributed by atoms with Gasteiger partial charge >= 0.3 is 0 Å². The number of carbonyl (C=O) groups excluding carboxylic acids is 1. The molecule has 24 heavy (non-hydrogen) atoms. The minimum atomic E-state index is -3.44. The quantitative estimate of drug-likeness (QED) is 0.757. The second kappa shape index (κ2) is 8.96. The Hall–Kier alpha value is -1.70. The van der Waals surface area contributed by atoms with Gasteiger partial charge in [-0.2, -0.15) is 4.31 Å². The van der Waals surface area contributed by atoms with Gasteiger partial charge in [0, 0.05) is 25.7 Å². The Bertz CT molecular complexity index is 660. The van der Waals surface area contributed by atoms with Gasteiger partial charge in [0.05, 0.1) is 11.5 Å². The average Bonchev–Trinajstić information content (AvgIpc) is 2.88. The van der Waals surface area contributed by atoms with Crippen LogP contribution in [0.2, 0.25) is 0 Å². The van der Waals surface area contributed by atoms with Crippen LogP contribution in [0.15, 0.2) is 35.2 Å². The first-order valence-corrected chi connectivity index (χ1v) is 9.65. The molecule has 0 spiro atoms. The fourth-order valence-electron chi connectivity index (χ4n) is 2.59. The molecule has 0 saturated carbocycles. The number of amides is 1. The zero-order valence-electron chi connectivity index (χ0n) is 13.6. The normalized spacial score (nSPS) is 16.9. The van der Waals surface area contributed by atoms with Crippen molar-refractivity contribution in [3.8, 4) is 0 Å². The van der Waals surface area contributed by atoms with Crippen LogP contribution in [0.3, 0.4) is 0 Å². The van der Waals surface area contributed by atoms with E-state index in [-0.39, 0.29) is 24.0 Å². The molecule has 2 rings (SSSR count). The number of hydrogen-bond donors (Lipinski definition) is 2. The third kappa shape index (κ3) is 5.15. The van der Waals surface area contributed by atoms with Crippen molar-refractivity contribution in [2.45, 2.75) is 30.6 Å². The zero-order chi connectivity index (χ0) is 17.4. The van der Waals surface area contributed by atoms with Crippen LogP contribution >= 0.6 is 0 Å². The molecule has 0 bridgehead atoms. The van der Waals surface area contributed by atoms with Crippen LogP contribution in [0.4, 0.5) is 0 Å². The molecule has 1 heterocycles. The van der Waals surface area contributed by atoms with Gasteiger partial charge in [-0.1, -0.05) is 25.0 Å². The molecule has 1 aliphatic heterocycles. The lowest BCUT2D eigenvalue weighted by molar-refractivity contribution is -0.116. The van der Waals surface area contributed by atoms with Crippen molar-refractivity contribution in [1.29, 1.82) is 0 Å². The summed E-state index contributed by atoms with van der Waals surface area (Å²) in [6.07, 6.45) is 6.93. The van der Waals surface area contributed by atoms with Crippen LogP contribution in [0.25, 0.3) is 6.08 Å². The van der Waals surface area contributed by atoms with Crippen molar-refractivity contribution in [1.82, 2.24) is 9.62 Å². The van der Waals surface area contributed by atoms with E-state index in [2.05, 4.69) is 5.32 Å². The molecule has 0 aromatic heterocycles. The minimum Gasteiger partial charge on any atom is -0.395 e. The summed E-state index contributed by atoms with van der Waals surface area (Å²) in [4.78, 5) is 11.7. The first-order chi connectivity index (χ1) is 11.5. The maximum atomic E-state index is 12.7. The molecule has 1 saturated heterocycles. The Kier molecular flexibility index (Phi) is 6.96. The molecule has 1 aromatic carbocycles. The third-order valence-electron chi connectivity index (χ3n) is 3.92. The average molecular weight is 352 g/mol. The van der Waals surface area contributed by atoms with Crippen molar-refractivity contribution in [2.75, 3.05) is 26.2 Å². The summed E-state index contributed by atoms with van der Waals surface area (Å²) in [6, 6.07) is 6.51. The van der Waals surface area contributed by atoms with Gasteiger partial charge in [-0.15, -0.1) is 0 Å². The van der Waals surface area contributed by atoms with Crippen molar-refractivity contribution >= 4 is 22.0 Å². The molecular weight excluding hydrogens is 328 g/mol. The van der Waals surface area contributed by atoms with Crippen molar-refractivity contribution in [3.05, 3.63) is 35.9 Å².